The molecular weight excluding hydrogens is 318 g/mol. The van der Waals surface area contributed by atoms with Gasteiger partial charge < -0.3 is 10.2 Å². The molecule has 2 rings (SSSR count). The van der Waals surface area contributed by atoms with Crippen LogP contribution in [-0.4, -0.2) is 24.0 Å². The van der Waals surface area contributed by atoms with Gasteiger partial charge in [-0.05, 0) is 38.5 Å². The summed E-state index contributed by atoms with van der Waals surface area (Å²) >= 11 is 3.53. The van der Waals surface area contributed by atoms with E-state index in [1.165, 1.54) is 0 Å². The van der Waals surface area contributed by atoms with E-state index in [1.807, 2.05) is 25.1 Å². The Hall–Kier alpha value is -1.54. The number of benzene rings is 1. The van der Waals surface area contributed by atoms with Crippen LogP contribution in [0, 0.1) is 18.3 Å². The van der Waals surface area contributed by atoms with Gasteiger partial charge in [0.1, 0.15) is 6.04 Å². The smallest absolute Gasteiger partial charge is 0.243 e. The molecule has 1 aromatic carbocycles. The molecule has 1 aromatic rings. The number of anilines is 1. The van der Waals surface area contributed by atoms with Gasteiger partial charge in [0, 0.05) is 16.7 Å². The third-order valence-corrected chi connectivity index (χ3v) is 4.53. The molecule has 0 aromatic heterocycles. The maximum absolute atomic E-state index is 12.1. The highest BCUT2D eigenvalue weighted by atomic mass is 79.9. The van der Waals surface area contributed by atoms with Gasteiger partial charge in [0.15, 0.2) is 0 Å². The van der Waals surface area contributed by atoms with Crippen LogP contribution in [0.3, 0.4) is 0 Å². The molecule has 0 saturated carbocycles. The van der Waals surface area contributed by atoms with Crippen LogP contribution in [0.2, 0.25) is 0 Å². The summed E-state index contributed by atoms with van der Waals surface area (Å²) in [5.74, 6) is -0.0810. The number of amides is 1. The van der Waals surface area contributed by atoms with Gasteiger partial charge >= 0.3 is 0 Å². The number of halogens is 1. The van der Waals surface area contributed by atoms with Gasteiger partial charge in [-0.3, -0.25) is 4.79 Å². The highest BCUT2D eigenvalue weighted by molar-refractivity contribution is 9.10. The number of hydrogen-bond donors (Lipinski definition) is 1. The summed E-state index contributed by atoms with van der Waals surface area (Å²) in [5.41, 5.74) is 1.87. The molecule has 1 amide bonds. The maximum Gasteiger partial charge on any atom is 0.243 e. The second kappa shape index (κ2) is 5.45. The van der Waals surface area contributed by atoms with Crippen molar-refractivity contribution in [2.75, 3.05) is 11.4 Å². The quantitative estimate of drug-likeness (QED) is 0.904. The average Bonchev–Trinajstić information content (AvgIpc) is 2.38. The zero-order valence-electron chi connectivity index (χ0n) is 11.9. The fourth-order valence-electron chi connectivity index (χ4n) is 2.58. The van der Waals surface area contributed by atoms with Crippen LogP contribution in [0.25, 0.3) is 0 Å². The van der Waals surface area contributed by atoms with Gasteiger partial charge in [-0.1, -0.05) is 22.0 Å². The van der Waals surface area contributed by atoms with E-state index in [0.29, 0.717) is 6.54 Å². The number of hydrogen-bond acceptors (Lipinski definition) is 3. The Bertz CT molecular complexity index is 577. The van der Waals surface area contributed by atoms with E-state index < -0.39 is 6.04 Å². The number of carbonyl (C=O) groups is 1. The van der Waals surface area contributed by atoms with E-state index in [-0.39, 0.29) is 17.9 Å². The lowest BCUT2D eigenvalue weighted by molar-refractivity contribution is -0.124. The summed E-state index contributed by atoms with van der Waals surface area (Å²) in [6, 6.07) is 7.71. The van der Waals surface area contributed by atoms with Gasteiger partial charge in [0.25, 0.3) is 0 Å². The van der Waals surface area contributed by atoms with Crippen LogP contribution in [0.15, 0.2) is 22.7 Å². The number of aryl methyl sites for hydroxylation is 1. The Labute approximate surface area is 127 Å². The lowest BCUT2D eigenvalue weighted by Crippen LogP contribution is -2.65. The first-order valence-electron chi connectivity index (χ1n) is 6.57. The Morgan fingerprint density at radius 1 is 1.55 bits per heavy atom. The molecule has 1 fully saturated rings. The molecule has 20 heavy (non-hydrogen) atoms. The van der Waals surface area contributed by atoms with E-state index in [2.05, 4.69) is 46.1 Å². The van der Waals surface area contributed by atoms with Crippen molar-refractivity contribution >= 4 is 27.5 Å². The zero-order chi connectivity index (χ0) is 14.9. The molecular formula is C15H18BrN3O. The van der Waals surface area contributed by atoms with Gasteiger partial charge in [-0.15, -0.1) is 0 Å². The molecule has 1 aliphatic heterocycles. The first kappa shape index (κ1) is 14.9. The third-order valence-electron chi connectivity index (χ3n) is 3.68. The molecule has 1 saturated heterocycles. The molecule has 5 heteroatoms. The number of carbonyl (C=O) groups excluding carboxylic acids is 1. The minimum absolute atomic E-state index is 0.0810. The third kappa shape index (κ3) is 2.66. The number of nitriles is 1. The molecule has 1 heterocycles. The highest BCUT2D eigenvalue weighted by Crippen LogP contribution is 2.33. The van der Waals surface area contributed by atoms with Gasteiger partial charge in [-0.2, -0.15) is 5.26 Å². The first-order chi connectivity index (χ1) is 9.36. The maximum atomic E-state index is 12.1. The van der Waals surface area contributed by atoms with Crippen molar-refractivity contribution in [3.05, 3.63) is 28.2 Å². The van der Waals surface area contributed by atoms with Crippen LogP contribution in [0.5, 0.6) is 0 Å². The summed E-state index contributed by atoms with van der Waals surface area (Å²) in [6.45, 7) is 6.74. The fourth-order valence-corrected chi connectivity index (χ4v) is 2.94. The molecule has 4 nitrogen and oxygen atoms in total. The summed E-state index contributed by atoms with van der Waals surface area (Å²) in [7, 11) is 0. The topological polar surface area (TPSA) is 56.1 Å². The predicted molar refractivity (Wildman–Crippen MR) is 82.5 cm³/mol. The minimum Gasteiger partial charge on any atom is -0.352 e. The number of piperazine rings is 1. The molecule has 0 bridgehead atoms. The summed E-state index contributed by atoms with van der Waals surface area (Å²) < 4.78 is 1.01. The Balaban J connectivity index is 2.48. The van der Waals surface area contributed by atoms with E-state index in [0.717, 1.165) is 15.7 Å². The Morgan fingerprint density at radius 3 is 2.85 bits per heavy atom. The molecule has 1 atom stereocenters. The average molecular weight is 336 g/mol. The number of nitrogens with zero attached hydrogens (tertiary/aromatic N) is 2. The molecule has 106 valence electrons. The molecule has 0 aliphatic carbocycles. The monoisotopic (exact) mass is 335 g/mol. The predicted octanol–water partition coefficient (Wildman–Crippen LogP) is 2.75. The molecule has 1 unspecified atom stereocenters. The summed E-state index contributed by atoms with van der Waals surface area (Å²) in [4.78, 5) is 14.1. The number of nitrogens with one attached hydrogen (secondary N) is 1. The lowest BCUT2D eigenvalue weighted by Gasteiger charge is -2.48. The zero-order valence-corrected chi connectivity index (χ0v) is 13.5. The molecule has 0 radical (unpaired) electrons. The Kier molecular flexibility index (Phi) is 4.05. The van der Waals surface area contributed by atoms with Crippen molar-refractivity contribution in [1.29, 1.82) is 5.26 Å². The molecule has 1 N–H and O–H groups in total. The van der Waals surface area contributed by atoms with Crippen molar-refractivity contribution in [3.8, 4) is 6.07 Å². The highest BCUT2D eigenvalue weighted by Gasteiger charge is 2.41. The minimum atomic E-state index is -0.446. The van der Waals surface area contributed by atoms with Crippen molar-refractivity contribution in [2.24, 2.45) is 0 Å². The second-order valence-electron chi connectivity index (χ2n) is 5.71. The van der Waals surface area contributed by atoms with Crippen molar-refractivity contribution < 1.29 is 4.79 Å². The van der Waals surface area contributed by atoms with E-state index >= 15 is 0 Å². The lowest BCUT2D eigenvalue weighted by atomic mass is 9.93. The van der Waals surface area contributed by atoms with Gasteiger partial charge in [-0.25, -0.2) is 0 Å². The standard InChI is InChI=1S/C15H18BrN3O/c1-10-4-5-11(8-12(10)16)19-13(6-7-17)14(20)18-9-15(19,2)3/h4-5,8,13H,6,9H2,1-3H3,(H,18,20). The van der Waals surface area contributed by atoms with Crippen LogP contribution in [0.1, 0.15) is 25.8 Å². The first-order valence-corrected chi connectivity index (χ1v) is 7.36. The van der Waals surface area contributed by atoms with Crippen LogP contribution in [-0.2, 0) is 4.79 Å². The summed E-state index contributed by atoms with van der Waals surface area (Å²) in [6.07, 6.45) is 0.181. The largest absolute Gasteiger partial charge is 0.352 e. The van der Waals surface area contributed by atoms with Gasteiger partial charge in [0.05, 0.1) is 18.0 Å². The van der Waals surface area contributed by atoms with Crippen molar-refractivity contribution in [1.82, 2.24) is 5.32 Å². The Morgan fingerprint density at radius 2 is 2.25 bits per heavy atom. The van der Waals surface area contributed by atoms with Crippen molar-refractivity contribution in [3.63, 3.8) is 0 Å². The normalized spacial score (nSPS) is 21.2. The SMILES string of the molecule is Cc1ccc(N2C(CC#N)C(=O)NCC2(C)C)cc1Br. The number of rotatable bonds is 2. The van der Waals surface area contributed by atoms with Crippen LogP contribution in [0.4, 0.5) is 5.69 Å². The van der Waals surface area contributed by atoms with E-state index in [1.54, 1.807) is 0 Å². The second-order valence-corrected chi connectivity index (χ2v) is 6.57. The van der Waals surface area contributed by atoms with Crippen LogP contribution < -0.4 is 10.2 Å². The van der Waals surface area contributed by atoms with E-state index in [4.69, 9.17) is 5.26 Å². The molecule has 0 spiro atoms. The van der Waals surface area contributed by atoms with Crippen molar-refractivity contribution in [2.45, 2.75) is 38.8 Å². The van der Waals surface area contributed by atoms with Crippen LogP contribution >= 0.6 is 15.9 Å². The fraction of sp³-hybridized carbons (Fsp3) is 0.467. The summed E-state index contributed by atoms with van der Waals surface area (Å²) in [5, 5.41) is 11.9. The van der Waals surface area contributed by atoms with E-state index in [9.17, 15) is 4.79 Å². The van der Waals surface area contributed by atoms with Gasteiger partial charge in [0.2, 0.25) is 5.91 Å². The molecule has 1 aliphatic rings.